The van der Waals surface area contributed by atoms with E-state index in [2.05, 4.69) is 33.4 Å². The predicted octanol–water partition coefficient (Wildman–Crippen LogP) is 5.57. The molecule has 2 aliphatic rings. The smallest absolute Gasteiger partial charge is 0.257 e. The third-order valence-corrected chi connectivity index (χ3v) is 6.27. The molecular weight excluding hydrogens is 401 g/mol. The molecule has 0 bridgehead atoms. The molecule has 2 heterocycles. The second-order valence-electron chi connectivity index (χ2n) is 8.59. The van der Waals surface area contributed by atoms with Crippen molar-refractivity contribution >= 4 is 17.7 Å². The Hall–Kier alpha value is -3.31. The summed E-state index contributed by atoms with van der Waals surface area (Å²) in [4.78, 5) is 19.6. The van der Waals surface area contributed by atoms with Crippen molar-refractivity contribution in [2.24, 2.45) is 0 Å². The van der Waals surface area contributed by atoms with Gasteiger partial charge in [-0.15, -0.1) is 0 Å². The summed E-state index contributed by atoms with van der Waals surface area (Å²) in [6.07, 6.45) is 8.60. The van der Waals surface area contributed by atoms with Crippen LogP contribution in [-0.2, 0) is 6.42 Å². The Labute approximate surface area is 187 Å². The second kappa shape index (κ2) is 9.05. The van der Waals surface area contributed by atoms with E-state index in [1.165, 1.54) is 54.8 Å². The molecule has 0 unspecified atom stereocenters. The van der Waals surface area contributed by atoms with Crippen LogP contribution in [0, 0.1) is 5.82 Å². The standard InChI is InChI=1S/C27H26FN3O/c28-24-9-5-20(6-10-24)26-12-8-23(17-29-26)27(32)30-25-11-7-21-15-19(3-4-22(21)16-25)18-31-13-1-2-14-31/h5-12,15-17H,1-4,13-14,18H2,(H,30,32). The molecule has 2 aromatic carbocycles. The average Bonchev–Trinajstić information content (AvgIpc) is 3.33. The summed E-state index contributed by atoms with van der Waals surface area (Å²) in [5.41, 5.74) is 6.83. The molecule has 32 heavy (non-hydrogen) atoms. The molecule has 1 aromatic heterocycles. The van der Waals surface area contributed by atoms with E-state index in [-0.39, 0.29) is 11.7 Å². The third-order valence-electron chi connectivity index (χ3n) is 6.27. The van der Waals surface area contributed by atoms with Crippen molar-refractivity contribution in [3.05, 3.63) is 88.9 Å². The number of hydrogen-bond donors (Lipinski definition) is 1. The zero-order chi connectivity index (χ0) is 21.9. The van der Waals surface area contributed by atoms with E-state index < -0.39 is 0 Å². The first-order chi connectivity index (χ1) is 15.6. The molecule has 162 valence electrons. The molecule has 0 atom stereocenters. The van der Waals surface area contributed by atoms with Gasteiger partial charge in [-0.3, -0.25) is 14.7 Å². The summed E-state index contributed by atoms with van der Waals surface area (Å²) < 4.78 is 13.1. The highest BCUT2D eigenvalue weighted by atomic mass is 19.1. The van der Waals surface area contributed by atoms with Gasteiger partial charge in [-0.1, -0.05) is 17.7 Å². The lowest BCUT2D eigenvalue weighted by molar-refractivity contribution is 0.102. The lowest BCUT2D eigenvalue weighted by atomic mass is 9.91. The van der Waals surface area contributed by atoms with Crippen molar-refractivity contribution < 1.29 is 9.18 Å². The number of halogens is 1. The van der Waals surface area contributed by atoms with E-state index in [4.69, 9.17) is 0 Å². The summed E-state index contributed by atoms with van der Waals surface area (Å²) >= 11 is 0. The number of carbonyl (C=O) groups excluding carboxylic acids is 1. The maximum atomic E-state index is 13.1. The highest BCUT2D eigenvalue weighted by Gasteiger charge is 2.17. The predicted molar refractivity (Wildman–Crippen MR) is 126 cm³/mol. The van der Waals surface area contributed by atoms with Gasteiger partial charge in [0.1, 0.15) is 5.82 Å². The van der Waals surface area contributed by atoms with Crippen molar-refractivity contribution in [2.45, 2.75) is 25.7 Å². The maximum absolute atomic E-state index is 13.1. The zero-order valence-electron chi connectivity index (χ0n) is 18.0. The molecule has 1 amide bonds. The molecule has 0 spiro atoms. The summed E-state index contributed by atoms with van der Waals surface area (Å²) in [5, 5.41) is 2.99. The van der Waals surface area contributed by atoms with Crippen molar-refractivity contribution in [3.8, 4) is 11.3 Å². The molecule has 0 saturated carbocycles. The van der Waals surface area contributed by atoms with Crippen LogP contribution in [-0.4, -0.2) is 35.4 Å². The minimum atomic E-state index is -0.284. The number of pyridine rings is 1. The van der Waals surface area contributed by atoms with E-state index in [0.29, 0.717) is 11.3 Å². The number of nitrogens with one attached hydrogen (secondary N) is 1. The summed E-state index contributed by atoms with van der Waals surface area (Å²) in [6, 6.07) is 15.8. The Kier molecular flexibility index (Phi) is 5.82. The molecule has 5 heteroatoms. The Morgan fingerprint density at radius 1 is 1.00 bits per heavy atom. The summed E-state index contributed by atoms with van der Waals surface area (Å²) in [7, 11) is 0. The van der Waals surface area contributed by atoms with Crippen molar-refractivity contribution in [1.29, 1.82) is 0 Å². The van der Waals surface area contributed by atoms with Gasteiger partial charge in [0.25, 0.3) is 5.91 Å². The van der Waals surface area contributed by atoms with Gasteiger partial charge in [0, 0.05) is 24.0 Å². The van der Waals surface area contributed by atoms with Crippen LogP contribution in [0.2, 0.25) is 0 Å². The quantitative estimate of drug-likeness (QED) is 0.579. The van der Waals surface area contributed by atoms with Crippen molar-refractivity contribution in [3.63, 3.8) is 0 Å². The fourth-order valence-corrected chi connectivity index (χ4v) is 4.50. The fourth-order valence-electron chi connectivity index (χ4n) is 4.50. The second-order valence-corrected chi connectivity index (χ2v) is 8.59. The van der Waals surface area contributed by atoms with Gasteiger partial charge < -0.3 is 5.32 Å². The highest BCUT2D eigenvalue weighted by molar-refractivity contribution is 6.04. The highest BCUT2D eigenvalue weighted by Crippen LogP contribution is 2.28. The number of nitrogens with zero attached hydrogens (tertiary/aromatic N) is 2. The van der Waals surface area contributed by atoms with Crippen LogP contribution in [0.3, 0.4) is 0 Å². The van der Waals surface area contributed by atoms with Crippen LogP contribution in [0.5, 0.6) is 0 Å². The van der Waals surface area contributed by atoms with Gasteiger partial charge >= 0.3 is 0 Å². The molecule has 1 fully saturated rings. The van der Waals surface area contributed by atoms with Gasteiger partial charge in [-0.2, -0.15) is 0 Å². The number of carbonyl (C=O) groups is 1. The minimum Gasteiger partial charge on any atom is -0.322 e. The largest absolute Gasteiger partial charge is 0.322 e. The van der Waals surface area contributed by atoms with Gasteiger partial charge in [-0.05, 0) is 98.4 Å². The van der Waals surface area contributed by atoms with Gasteiger partial charge in [-0.25, -0.2) is 4.39 Å². The number of rotatable bonds is 5. The van der Waals surface area contributed by atoms with Crippen molar-refractivity contribution in [2.75, 3.05) is 25.0 Å². The maximum Gasteiger partial charge on any atom is 0.257 e. The van der Waals surface area contributed by atoms with Gasteiger partial charge in [0.15, 0.2) is 0 Å². The molecule has 1 N–H and O–H groups in total. The number of hydrogen-bond acceptors (Lipinski definition) is 3. The topological polar surface area (TPSA) is 45.2 Å². The zero-order valence-corrected chi connectivity index (χ0v) is 18.0. The fraction of sp³-hybridized carbons (Fsp3) is 0.259. The van der Waals surface area contributed by atoms with E-state index in [1.807, 2.05) is 6.07 Å². The van der Waals surface area contributed by atoms with Gasteiger partial charge in [0.05, 0.1) is 11.3 Å². The Bertz CT molecular complexity index is 1150. The molecule has 1 aliphatic carbocycles. The molecular formula is C27H26FN3O. The molecule has 3 aromatic rings. The summed E-state index contributed by atoms with van der Waals surface area (Å²) in [5.74, 6) is -0.475. The first-order valence-corrected chi connectivity index (χ1v) is 11.2. The Balaban J connectivity index is 1.25. The van der Waals surface area contributed by atoms with Crippen LogP contribution in [0.15, 0.2) is 66.4 Å². The molecule has 1 saturated heterocycles. The van der Waals surface area contributed by atoms with E-state index >= 15 is 0 Å². The summed E-state index contributed by atoms with van der Waals surface area (Å²) in [6.45, 7) is 3.52. The van der Waals surface area contributed by atoms with Crippen LogP contribution in [0.25, 0.3) is 17.3 Å². The Morgan fingerprint density at radius 3 is 2.56 bits per heavy atom. The van der Waals surface area contributed by atoms with Crippen LogP contribution in [0.1, 0.15) is 40.7 Å². The third kappa shape index (κ3) is 4.63. The molecule has 4 nitrogen and oxygen atoms in total. The lowest BCUT2D eigenvalue weighted by Crippen LogP contribution is -2.23. The minimum absolute atomic E-state index is 0.191. The van der Waals surface area contributed by atoms with Crippen LogP contribution >= 0.6 is 0 Å². The number of amides is 1. The Morgan fingerprint density at radius 2 is 1.81 bits per heavy atom. The molecule has 1 aliphatic heterocycles. The average molecular weight is 428 g/mol. The monoisotopic (exact) mass is 427 g/mol. The van der Waals surface area contributed by atoms with E-state index in [0.717, 1.165) is 30.6 Å². The van der Waals surface area contributed by atoms with Crippen molar-refractivity contribution in [1.82, 2.24) is 9.88 Å². The number of aromatic nitrogens is 1. The lowest BCUT2D eigenvalue weighted by Gasteiger charge is -2.22. The number of likely N-dealkylation sites (tertiary alicyclic amines) is 1. The number of benzene rings is 2. The van der Waals surface area contributed by atoms with E-state index in [9.17, 15) is 9.18 Å². The number of aryl methyl sites for hydroxylation is 1. The van der Waals surface area contributed by atoms with Gasteiger partial charge in [0.2, 0.25) is 0 Å². The van der Waals surface area contributed by atoms with Crippen LogP contribution < -0.4 is 5.32 Å². The number of fused-ring (bicyclic) bond motifs is 1. The van der Waals surface area contributed by atoms with E-state index in [1.54, 1.807) is 30.5 Å². The first kappa shape index (κ1) is 20.6. The molecule has 5 rings (SSSR count). The normalized spacial score (nSPS) is 15.8. The first-order valence-electron chi connectivity index (χ1n) is 11.2. The number of anilines is 1. The SMILES string of the molecule is O=C(Nc1ccc2c(c1)CCC(CN1CCCC1)=C2)c1ccc(-c2ccc(F)cc2)nc1. The molecule has 0 radical (unpaired) electrons. The van der Waals surface area contributed by atoms with Crippen LogP contribution in [0.4, 0.5) is 10.1 Å².